The zero-order valence-corrected chi connectivity index (χ0v) is 12.0. The van der Waals surface area contributed by atoms with Crippen LogP contribution in [-0.2, 0) is 19.6 Å². The molecule has 0 radical (unpaired) electrons. The number of likely N-dealkylation sites (N-methyl/N-ethyl adjacent to an activating group) is 1. The quantitative estimate of drug-likeness (QED) is 0.917. The molecule has 3 nitrogen and oxygen atoms in total. The van der Waals surface area contributed by atoms with Crippen molar-refractivity contribution in [2.75, 3.05) is 6.54 Å². The molecule has 0 aliphatic rings. The van der Waals surface area contributed by atoms with E-state index in [1.807, 2.05) is 24.7 Å². The Labute approximate surface area is 121 Å². The predicted molar refractivity (Wildman–Crippen MR) is 74.8 cm³/mol. The summed E-state index contributed by atoms with van der Waals surface area (Å²) >= 11 is 0. The summed E-state index contributed by atoms with van der Waals surface area (Å²) in [6.07, 6.45) is -0.282. The Balaban J connectivity index is 2.21. The van der Waals surface area contributed by atoms with E-state index in [0.29, 0.717) is 12.0 Å². The second-order valence-corrected chi connectivity index (χ2v) is 4.98. The molecule has 0 fully saturated rings. The van der Waals surface area contributed by atoms with E-state index in [4.69, 9.17) is 0 Å². The molecule has 0 bridgehead atoms. The molecule has 1 aromatic heterocycles. The third-order valence-electron chi connectivity index (χ3n) is 3.23. The van der Waals surface area contributed by atoms with Gasteiger partial charge in [-0.3, -0.25) is 0 Å². The van der Waals surface area contributed by atoms with Crippen LogP contribution in [0, 0.1) is 0 Å². The van der Waals surface area contributed by atoms with Gasteiger partial charge < -0.3 is 9.88 Å². The third-order valence-corrected chi connectivity index (χ3v) is 3.23. The van der Waals surface area contributed by atoms with E-state index in [0.717, 1.165) is 18.3 Å². The van der Waals surface area contributed by atoms with Crippen LogP contribution in [0.1, 0.15) is 29.8 Å². The molecule has 0 saturated carbocycles. The molecule has 0 aliphatic carbocycles. The molecule has 114 valence electrons. The minimum Gasteiger partial charge on any atom is -0.340 e. The van der Waals surface area contributed by atoms with Crippen molar-refractivity contribution >= 4 is 0 Å². The van der Waals surface area contributed by atoms with Gasteiger partial charge in [-0.25, -0.2) is 4.98 Å². The maximum atomic E-state index is 12.7. The van der Waals surface area contributed by atoms with E-state index in [1.54, 1.807) is 12.4 Å². The average molecular weight is 297 g/mol. The SMILES string of the molecule is CCNC(Cc1cccc(C(F)(F)F)c1)c1cn(C)cn1. The van der Waals surface area contributed by atoms with Crippen LogP contribution in [0.25, 0.3) is 0 Å². The number of aryl methyl sites for hydroxylation is 1. The minimum atomic E-state index is -4.31. The molecule has 0 spiro atoms. The Morgan fingerprint density at radius 3 is 2.67 bits per heavy atom. The van der Waals surface area contributed by atoms with Gasteiger partial charge >= 0.3 is 6.18 Å². The van der Waals surface area contributed by atoms with Crippen LogP contribution < -0.4 is 5.32 Å². The third kappa shape index (κ3) is 4.07. The second-order valence-electron chi connectivity index (χ2n) is 4.98. The first-order valence-electron chi connectivity index (χ1n) is 6.77. The summed E-state index contributed by atoms with van der Waals surface area (Å²) in [7, 11) is 1.86. The van der Waals surface area contributed by atoms with E-state index in [1.165, 1.54) is 12.1 Å². The molecule has 21 heavy (non-hydrogen) atoms. The highest BCUT2D eigenvalue weighted by atomic mass is 19.4. The maximum Gasteiger partial charge on any atom is 0.416 e. The Morgan fingerprint density at radius 1 is 1.33 bits per heavy atom. The summed E-state index contributed by atoms with van der Waals surface area (Å²) in [4.78, 5) is 4.28. The minimum absolute atomic E-state index is 0.0975. The number of hydrogen-bond donors (Lipinski definition) is 1. The van der Waals surface area contributed by atoms with Gasteiger partial charge in [0.25, 0.3) is 0 Å². The van der Waals surface area contributed by atoms with Gasteiger partial charge in [-0.1, -0.05) is 25.1 Å². The molecule has 1 aromatic carbocycles. The van der Waals surface area contributed by atoms with Gasteiger partial charge in [0, 0.05) is 13.2 Å². The molecule has 6 heteroatoms. The number of aromatic nitrogens is 2. The summed E-state index contributed by atoms with van der Waals surface area (Å²) < 4.78 is 40.1. The highest BCUT2D eigenvalue weighted by Gasteiger charge is 2.30. The van der Waals surface area contributed by atoms with E-state index < -0.39 is 11.7 Å². The van der Waals surface area contributed by atoms with Crippen LogP contribution in [0.4, 0.5) is 13.2 Å². The number of imidazole rings is 1. The first-order chi connectivity index (χ1) is 9.90. The van der Waals surface area contributed by atoms with Crippen LogP contribution >= 0.6 is 0 Å². The van der Waals surface area contributed by atoms with Crippen molar-refractivity contribution in [3.63, 3.8) is 0 Å². The van der Waals surface area contributed by atoms with Crippen molar-refractivity contribution in [3.05, 3.63) is 53.6 Å². The maximum absolute atomic E-state index is 12.7. The highest BCUT2D eigenvalue weighted by Crippen LogP contribution is 2.30. The summed E-state index contributed by atoms with van der Waals surface area (Å²) in [5.41, 5.74) is 0.856. The number of benzene rings is 1. The Hall–Kier alpha value is -1.82. The Morgan fingerprint density at radius 2 is 2.10 bits per heavy atom. The van der Waals surface area contributed by atoms with Crippen LogP contribution in [-0.4, -0.2) is 16.1 Å². The zero-order chi connectivity index (χ0) is 15.5. The van der Waals surface area contributed by atoms with Crippen molar-refractivity contribution in [2.45, 2.75) is 25.6 Å². The average Bonchev–Trinajstić information content (AvgIpc) is 2.84. The van der Waals surface area contributed by atoms with Crippen molar-refractivity contribution in [1.29, 1.82) is 0 Å². The van der Waals surface area contributed by atoms with Gasteiger partial charge in [0.1, 0.15) is 0 Å². The molecule has 1 atom stereocenters. The van der Waals surface area contributed by atoms with Crippen molar-refractivity contribution in [3.8, 4) is 0 Å². The lowest BCUT2D eigenvalue weighted by atomic mass is 10.0. The van der Waals surface area contributed by atoms with Gasteiger partial charge in [0.15, 0.2) is 0 Å². The first-order valence-corrected chi connectivity index (χ1v) is 6.77. The lowest BCUT2D eigenvalue weighted by Crippen LogP contribution is -2.23. The fourth-order valence-corrected chi connectivity index (χ4v) is 2.25. The largest absolute Gasteiger partial charge is 0.416 e. The standard InChI is InChI=1S/C15H18F3N3/c1-3-19-13(14-9-21(2)10-20-14)8-11-5-4-6-12(7-11)15(16,17)18/h4-7,9-10,13,19H,3,8H2,1-2H3. The number of alkyl halides is 3. The number of halogens is 3. The van der Waals surface area contributed by atoms with Gasteiger partial charge in [0.2, 0.25) is 0 Å². The van der Waals surface area contributed by atoms with Crippen molar-refractivity contribution in [1.82, 2.24) is 14.9 Å². The summed E-state index contributed by atoms with van der Waals surface area (Å²) in [6, 6.07) is 5.35. The van der Waals surface area contributed by atoms with Gasteiger partial charge in [-0.2, -0.15) is 13.2 Å². The Bertz CT molecular complexity index is 590. The Kier molecular flexibility index (Phi) is 4.67. The molecule has 0 amide bonds. The van der Waals surface area contributed by atoms with Crippen LogP contribution in [0.3, 0.4) is 0 Å². The summed E-state index contributed by atoms with van der Waals surface area (Å²) in [5.74, 6) is 0. The molecule has 1 N–H and O–H groups in total. The van der Waals surface area contributed by atoms with Crippen LogP contribution in [0.5, 0.6) is 0 Å². The summed E-state index contributed by atoms with van der Waals surface area (Å²) in [6.45, 7) is 2.68. The highest BCUT2D eigenvalue weighted by molar-refractivity contribution is 5.27. The van der Waals surface area contributed by atoms with Gasteiger partial charge in [0.05, 0.1) is 23.6 Å². The molecule has 2 aromatic rings. The van der Waals surface area contributed by atoms with Gasteiger partial charge in [-0.05, 0) is 24.6 Å². The fraction of sp³-hybridized carbons (Fsp3) is 0.400. The fourth-order valence-electron chi connectivity index (χ4n) is 2.25. The number of nitrogens with one attached hydrogen (secondary N) is 1. The van der Waals surface area contributed by atoms with E-state index in [2.05, 4.69) is 10.3 Å². The first kappa shape index (κ1) is 15.6. The molecular formula is C15H18F3N3. The van der Waals surface area contributed by atoms with Crippen LogP contribution in [0.2, 0.25) is 0 Å². The number of nitrogens with zero attached hydrogens (tertiary/aromatic N) is 2. The topological polar surface area (TPSA) is 29.9 Å². The zero-order valence-electron chi connectivity index (χ0n) is 12.0. The van der Waals surface area contributed by atoms with Gasteiger partial charge in [-0.15, -0.1) is 0 Å². The lowest BCUT2D eigenvalue weighted by molar-refractivity contribution is -0.137. The monoisotopic (exact) mass is 297 g/mol. The normalized spacial score (nSPS) is 13.4. The van der Waals surface area contributed by atoms with E-state index in [-0.39, 0.29) is 6.04 Å². The molecular weight excluding hydrogens is 279 g/mol. The number of rotatable bonds is 5. The predicted octanol–water partition coefficient (Wildman–Crippen LogP) is 3.33. The van der Waals surface area contributed by atoms with Crippen LogP contribution in [0.15, 0.2) is 36.8 Å². The van der Waals surface area contributed by atoms with E-state index in [9.17, 15) is 13.2 Å². The molecule has 2 rings (SSSR count). The second kappa shape index (κ2) is 6.30. The molecule has 0 aliphatic heterocycles. The van der Waals surface area contributed by atoms with E-state index >= 15 is 0 Å². The molecule has 1 heterocycles. The molecule has 1 unspecified atom stereocenters. The number of hydrogen-bond acceptors (Lipinski definition) is 2. The summed E-state index contributed by atoms with van der Waals surface area (Å²) in [5, 5.41) is 3.26. The smallest absolute Gasteiger partial charge is 0.340 e. The van der Waals surface area contributed by atoms with Crippen molar-refractivity contribution < 1.29 is 13.2 Å². The molecule has 0 saturated heterocycles. The van der Waals surface area contributed by atoms with Crippen molar-refractivity contribution in [2.24, 2.45) is 7.05 Å². The lowest BCUT2D eigenvalue weighted by Gasteiger charge is -2.17.